The summed E-state index contributed by atoms with van der Waals surface area (Å²) in [6.07, 6.45) is 1.67. The molecule has 16 heavy (non-hydrogen) atoms. The first-order chi connectivity index (χ1) is 7.83. The number of anilines is 1. The van der Waals surface area contributed by atoms with Crippen LogP contribution < -0.4 is 4.31 Å². The van der Waals surface area contributed by atoms with Gasteiger partial charge in [-0.15, -0.1) is 0 Å². The monoisotopic (exact) mass is 249 g/mol. The van der Waals surface area contributed by atoms with Crippen molar-refractivity contribution in [2.75, 3.05) is 4.31 Å². The molecule has 0 spiro atoms. The maximum atomic E-state index is 5.78. The van der Waals surface area contributed by atoms with Gasteiger partial charge in [-0.2, -0.15) is 4.98 Å². The van der Waals surface area contributed by atoms with Gasteiger partial charge in [0.25, 0.3) is 0 Å². The van der Waals surface area contributed by atoms with E-state index in [0.717, 1.165) is 12.4 Å². The molecule has 5 heteroatoms. The van der Waals surface area contributed by atoms with Crippen molar-refractivity contribution >= 4 is 29.4 Å². The number of fused-ring (bicyclic) bond motifs is 1. The molecule has 1 aromatic heterocycles. The lowest BCUT2D eigenvalue weighted by molar-refractivity contribution is 1.02. The number of rotatable bonds is 1. The van der Waals surface area contributed by atoms with Gasteiger partial charge in [-0.3, -0.25) is 4.31 Å². The molecule has 0 aliphatic carbocycles. The summed E-state index contributed by atoms with van der Waals surface area (Å²) in [6.45, 7) is 0.855. The van der Waals surface area contributed by atoms with Crippen molar-refractivity contribution in [1.82, 2.24) is 9.97 Å². The van der Waals surface area contributed by atoms with Gasteiger partial charge in [0.15, 0.2) is 0 Å². The van der Waals surface area contributed by atoms with Gasteiger partial charge in [0.1, 0.15) is 5.82 Å². The summed E-state index contributed by atoms with van der Waals surface area (Å²) in [5.41, 5.74) is 1.32. The molecule has 1 aromatic carbocycles. The molecule has 0 radical (unpaired) electrons. The minimum Gasteiger partial charge on any atom is -0.292 e. The molecule has 0 fully saturated rings. The number of hydrogen-bond donors (Lipinski definition) is 0. The van der Waals surface area contributed by atoms with Crippen molar-refractivity contribution < 1.29 is 0 Å². The molecule has 2 aromatic rings. The molecule has 0 N–H and O–H groups in total. The molecular formula is C11H8ClN3S. The normalized spacial score (nSPS) is 13.9. The van der Waals surface area contributed by atoms with E-state index in [2.05, 4.69) is 32.5 Å². The van der Waals surface area contributed by atoms with Crippen LogP contribution in [0, 0.1) is 0 Å². The highest BCUT2D eigenvalue weighted by molar-refractivity contribution is 8.01. The van der Waals surface area contributed by atoms with Gasteiger partial charge in [-0.05, 0) is 35.2 Å². The third-order valence-electron chi connectivity index (χ3n) is 2.36. The Morgan fingerprint density at radius 2 is 2.12 bits per heavy atom. The van der Waals surface area contributed by atoms with E-state index in [0.29, 0.717) is 0 Å². The third-order valence-corrected chi connectivity index (χ3v) is 3.68. The van der Waals surface area contributed by atoms with Crippen molar-refractivity contribution in [2.24, 2.45) is 0 Å². The van der Waals surface area contributed by atoms with Gasteiger partial charge in [-0.25, -0.2) is 4.98 Å². The second kappa shape index (κ2) is 3.96. The van der Waals surface area contributed by atoms with E-state index in [1.54, 1.807) is 18.1 Å². The first-order valence-corrected chi connectivity index (χ1v) is 6.00. The van der Waals surface area contributed by atoms with Crippen molar-refractivity contribution in [1.29, 1.82) is 0 Å². The third kappa shape index (κ3) is 1.74. The molecular weight excluding hydrogens is 242 g/mol. The van der Waals surface area contributed by atoms with Crippen molar-refractivity contribution in [3.05, 3.63) is 47.4 Å². The maximum Gasteiger partial charge on any atom is 0.224 e. The van der Waals surface area contributed by atoms with Crippen molar-refractivity contribution in [3.63, 3.8) is 0 Å². The van der Waals surface area contributed by atoms with Crippen LogP contribution in [-0.4, -0.2) is 9.97 Å². The maximum absolute atomic E-state index is 5.78. The fraction of sp³-hybridized carbons (Fsp3) is 0.0909. The first-order valence-electron chi connectivity index (χ1n) is 4.85. The zero-order chi connectivity index (χ0) is 11.0. The van der Waals surface area contributed by atoms with Crippen LogP contribution in [0.3, 0.4) is 0 Å². The Morgan fingerprint density at radius 1 is 1.25 bits per heavy atom. The summed E-state index contributed by atoms with van der Waals surface area (Å²) in [5.74, 6) is 0.848. The smallest absolute Gasteiger partial charge is 0.224 e. The molecule has 3 rings (SSSR count). The summed E-state index contributed by atoms with van der Waals surface area (Å²) in [7, 11) is 0. The van der Waals surface area contributed by atoms with Crippen LogP contribution in [0.4, 0.5) is 5.82 Å². The fourth-order valence-electron chi connectivity index (χ4n) is 1.62. The molecule has 0 atom stereocenters. The SMILES string of the molecule is Clc1nccc(N2Cc3ccccc3S2)n1. The van der Waals surface area contributed by atoms with Crippen molar-refractivity contribution in [3.8, 4) is 0 Å². The Bertz CT molecular complexity index is 507. The Balaban J connectivity index is 1.91. The molecule has 0 amide bonds. The van der Waals surface area contributed by atoms with E-state index >= 15 is 0 Å². The predicted octanol–water partition coefficient (Wildman–Crippen LogP) is 3.16. The van der Waals surface area contributed by atoms with E-state index in [1.807, 2.05) is 12.1 Å². The lowest BCUT2D eigenvalue weighted by Crippen LogP contribution is -2.09. The second-order valence-corrected chi connectivity index (χ2v) is 4.82. The van der Waals surface area contributed by atoms with E-state index in [-0.39, 0.29) is 5.28 Å². The Hall–Kier alpha value is -1.26. The summed E-state index contributed by atoms with van der Waals surface area (Å²) < 4.78 is 2.11. The average molecular weight is 250 g/mol. The summed E-state index contributed by atoms with van der Waals surface area (Å²) in [4.78, 5) is 9.35. The van der Waals surface area contributed by atoms with Crippen molar-refractivity contribution in [2.45, 2.75) is 11.4 Å². The number of halogens is 1. The predicted molar refractivity (Wildman–Crippen MR) is 65.5 cm³/mol. The second-order valence-electron chi connectivity index (χ2n) is 3.42. The van der Waals surface area contributed by atoms with Crippen LogP contribution >= 0.6 is 23.5 Å². The van der Waals surface area contributed by atoms with Crippen LogP contribution in [0.25, 0.3) is 0 Å². The van der Waals surface area contributed by atoms with E-state index in [9.17, 15) is 0 Å². The number of benzene rings is 1. The fourth-order valence-corrected chi connectivity index (χ4v) is 2.79. The quantitative estimate of drug-likeness (QED) is 0.574. The molecule has 0 saturated heterocycles. The minimum atomic E-state index is 0.286. The van der Waals surface area contributed by atoms with E-state index < -0.39 is 0 Å². The highest BCUT2D eigenvalue weighted by Crippen LogP contribution is 2.38. The number of aromatic nitrogens is 2. The standard InChI is InChI=1S/C11H8ClN3S/c12-11-13-6-5-10(14-11)15-7-8-3-1-2-4-9(8)16-15/h1-6H,7H2. The van der Waals surface area contributed by atoms with E-state index in [4.69, 9.17) is 11.6 Å². The molecule has 80 valence electrons. The molecule has 3 nitrogen and oxygen atoms in total. The Morgan fingerprint density at radius 3 is 2.94 bits per heavy atom. The van der Waals surface area contributed by atoms with Gasteiger partial charge in [-0.1, -0.05) is 18.2 Å². The van der Waals surface area contributed by atoms with Gasteiger partial charge in [0.05, 0.1) is 6.54 Å². The number of nitrogens with zero attached hydrogens (tertiary/aromatic N) is 3. The number of hydrogen-bond acceptors (Lipinski definition) is 4. The van der Waals surface area contributed by atoms with E-state index in [1.165, 1.54) is 10.5 Å². The average Bonchev–Trinajstić information content (AvgIpc) is 2.72. The molecule has 0 bridgehead atoms. The largest absolute Gasteiger partial charge is 0.292 e. The summed E-state index contributed by atoms with van der Waals surface area (Å²) in [6, 6.07) is 10.2. The Labute approximate surface area is 103 Å². The van der Waals surface area contributed by atoms with Crippen LogP contribution in [0.15, 0.2) is 41.4 Å². The summed E-state index contributed by atoms with van der Waals surface area (Å²) >= 11 is 7.46. The zero-order valence-electron chi connectivity index (χ0n) is 8.30. The van der Waals surface area contributed by atoms with Crippen LogP contribution in [0.5, 0.6) is 0 Å². The first kappa shape index (κ1) is 9.93. The van der Waals surface area contributed by atoms with Gasteiger partial charge < -0.3 is 0 Å². The Kier molecular flexibility index (Phi) is 2.46. The molecule has 0 saturated carbocycles. The lowest BCUT2D eigenvalue weighted by Gasteiger charge is -2.13. The lowest BCUT2D eigenvalue weighted by atomic mass is 10.2. The highest BCUT2D eigenvalue weighted by Gasteiger charge is 2.20. The molecule has 1 aliphatic rings. The minimum absolute atomic E-state index is 0.286. The highest BCUT2D eigenvalue weighted by atomic mass is 35.5. The van der Waals surface area contributed by atoms with Crippen LogP contribution in [0.1, 0.15) is 5.56 Å². The summed E-state index contributed by atoms with van der Waals surface area (Å²) in [5, 5.41) is 0.286. The topological polar surface area (TPSA) is 29.0 Å². The van der Waals surface area contributed by atoms with Crippen LogP contribution in [-0.2, 0) is 6.54 Å². The molecule has 1 aliphatic heterocycles. The van der Waals surface area contributed by atoms with Gasteiger partial charge in [0, 0.05) is 17.2 Å². The van der Waals surface area contributed by atoms with Crippen LogP contribution in [0.2, 0.25) is 5.28 Å². The van der Waals surface area contributed by atoms with Gasteiger partial charge >= 0.3 is 0 Å². The molecule has 0 unspecified atom stereocenters. The zero-order valence-corrected chi connectivity index (χ0v) is 9.87. The molecule has 2 heterocycles. The van der Waals surface area contributed by atoms with Gasteiger partial charge in [0.2, 0.25) is 5.28 Å².